The third-order valence-corrected chi connectivity index (χ3v) is 3.67. The summed E-state index contributed by atoms with van der Waals surface area (Å²) in [7, 11) is 0. The summed E-state index contributed by atoms with van der Waals surface area (Å²) in [5.74, 6) is 1.80. The van der Waals surface area contributed by atoms with E-state index < -0.39 is 0 Å². The van der Waals surface area contributed by atoms with Gasteiger partial charge in [0.25, 0.3) is 0 Å². The number of anilines is 1. The van der Waals surface area contributed by atoms with E-state index in [0.717, 1.165) is 27.6 Å². The molecule has 0 saturated carbocycles. The Morgan fingerprint density at radius 2 is 1.83 bits per heavy atom. The van der Waals surface area contributed by atoms with Crippen LogP contribution in [0.3, 0.4) is 0 Å². The smallest absolute Gasteiger partial charge is 0.119 e. The molecule has 0 aliphatic heterocycles. The summed E-state index contributed by atoms with van der Waals surface area (Å²) in [6, 6.07) is 16.0. The molecule has 0 spiro atoms. The van der Waals surface area contributed by atoms with E-state index in [0.29, 0.717) is 6.61 Å². The Hall–Kier alpha value is -1.61. The molecule has 0 atom stereocenters. The van der Waals surface area contributed by atoms with E-state index in [-0.39, 0.29) is 0 Å². The van der Waals surface area contributed by atoms with E-state index in [2.05, 4.69) is 6.07 Å². The molecule has 2 aromatic rings. The maximum atomic E-state index is 6.01. The van der Waals surface area contributed by atoms with Gasteiger partial charge in [0.2, 0.25) is 0 Å². The number of rotatable bonds is 5. The first-order valence-electron chi connectivity index (χ1n) is 5.93. The molecule has 3 heteroatoms. The number of nitrogens with two attached hydrogens (primary N) is 1. The fourth-order valence-electron chi connectivity index (χ4n) is 1.61. The van der Waals surface area contributed by atoms with E-state index in [1.54, 1.807) is 11.8 Å². The van der Waals surface area contributed by atoms with Gasteiger partial charge in [-0.15, -0.1) is 11.8 Å². The van der Waals surface area contributed by atoms with Crippen LogP contribution in [-0.2, 0) is 0 Å². The lowest BCUT2D eigenvalue weighted by molar-refractivity contribution is 0.344. The van der Waals surface area contributed by atoms with Crippen molar-refractivity contribution in [2.45, 2.75) is 11.8 Å². The molecule has 0 aromatic heterocycles. The summed E-state index contributed by atoms with van der Waals surface area (Å²) in [6.07, 6.45) is 0. The highest BCUT2D eigenvalue weighted by atomic mass is 32.2. The van der Waals surface area contributed by atoms with Crippen LogP contribution in [0.4, 0.5) is 5.69 Å². The average molecular weight is 259 g/mol. The van der Waals surface area contributed by atoms with Crippen molar-refractivity contribution in [3.63, 3.8) is 0 Å². The van der Waals surface area contributed by atoms with Crippen LogP contribution >= 0.6 is 11.8 Å². The minimum Gasteiger partial charge on any atom is -0.493 e. The van der Waals surface area contributed by atoms with Crippen molar-refractivity contribution in [2.24, 2.45) is 0 Å². The van der Waals surface area contributed by atoms with Gasteiger partial charge in [0.15, 0.2) is 0 Å². The van der Waals surface area contributed by atoms with E-state index in [9.17, 15) is 0 Å². The molecule has 2 aromatic carbocycles. The molecule has 2 rings (SSSR count). The highest BCUT2D eigenvalue weighted by Crippen LogP contribution is 2.27. The molecule has 0 heterocycles. The van der Waals surface area contributed by atoms with E-state index in [1.807, 2.05) is 49.4 Å². The van der Waals surface area contributed by atoms with Gasteiger partial charge in [-0.25, -0.2) is 0 Å². The predicted octanol–water partition coefficient (Wildman–Crippen LogP) is 3.75. The molecule has 2 nitrogen and oxygen atoms in total. The molecule has 0 fully saturated rings. The summed E-state index contributed by atoms with van der Waals surface area (Å²) >= 11 is 1.73. The minimum absolute atomic E-state index is 0.683. The number of ether oxygens (including phenoxy) is 1. The lowest BCUT2D eigenvalue weighted by Gasteiger charge is -2.08. The van der Waals surface area contributed by atoms with Crippen LogP contribution < -0.4 is 10.5 Å². The Balaban J connectivity index is 1.81. The van der Waals surface area contributed by atoms with E-state index in [4.69, 9.17) is 10.5 Å². The highest BCUT2D eigenvalue weighted by molar-refractivity contribution is 7.99. The number of benzene rings is 2. The van der Waals surface area contributed by atoms with Gasteiger partial charge >= 0.3 is 0 Å². The average Bonchev–Trinajstić information content (AvgIpc) is 2.40. The van der Waals surface area contributed by atoms with E-state index >= 15 is 0 Å². The highest BCUT2D eigenvalue weighted by Gasteiger charge is 2.02. The van der Waals surface area contributed by atoms with Crippen molar-refractivity contribution in [3.05, 3.63) is 54.1 Å². The summed E-state index contributed by atoms with van der Waals surface area (Å²) in [5.41, 5.74) is 8.02. The molecule has 0 amide bonds. The summed E-state index contributed by atoms with van der Waals surface area (Å²) in [5, 5.41) is 0. The van der Waals surface area contributed by atoms with Crippen LogP contribution in [-0.4, -0.2) is 12.4 Å². The zero-order valence-electron chi connectivity index (χ0n) is 10.4. The normalized spacial score (nSPS) is 10.3. The second kappa shape index (κ2) is 6.36. The van der Waals surface area contributed by atoms with Gasteiger partial charge in [-0.3, -0.25) is 0 Å². The minimum atomic E-state index is 0.683. The molecule has 0 aliphatic carbocycles. The number of hydrogen-bond donors (Lipinski definition) is 1. The zero-order chi connectivity index (χ0) is 12.8. The largest absolute Gasteiger partial charge is 0.493 e. The number of para-hydroxylation sites is 2. The predicted molar refractivity (Wildman–Crippen MR) is 78.3 cm³/mol. The van der Waals surface area contributed by atoms with Crippen LogP contribution in [0, 0.1) is 6.92 Å². The first-order valence-corrected chi connectivity index (χ1v) is 6.91. The van der Waals surface area contributed by atoms with Crippen LogP contribution in [0.5, 0.6) is 5.75 Å². The molecule has 0 radical (unpaired) electrons. The molecule has 0 aliphatic rings. The maximum absolute atomic E-state index is 6.01. The van der Waals surface area contributed by atoms with Gasteiger partial charge in [-0.1, -0.05) is 30.3 Å². The molecular formula is C15H17NOS. The summed E-state index contributed by atoms with van der Waals surface area (Å²) in [6.45, 7) is 2.71. The Kier molecular flexibility index (Phi) is 4.53. The van der Waals surface area contributed by atoms with Gasteiger partial charge in [0, 0.05) is 16.3 Å². The molecular weight excluding hydrogens is 242 g/mol. The maximum Gasteiger partial charge on any atom is 0.119 e. The van der Waals surface area contributed by atoms with Gasteiger partial charge in [0.1, 0.15) is 5.75 Å². The van der Waals surface area contributed by atoms with Crippen LogP contribution in [0.2, 0.25) is 0 Å². The monoisotopic (exact) mass is 259 g/mol. The Morgan fingerprint density at radius 3 is 2.61 bits per heavy atom. The SMILES string of the molecule is Cc1cccc(SCCOc2ccccc2)c1N. The number of thioether (sulfide) groups is 1. The Bertz CT molecular complexity index is 499. The molecule has 0 unspecified atom stereocenters. The zero-order valence-corrected chi connectivity index (χ0v) is 11.2. The van der Waals surface area contributed by atoms with Crippen molar-refractivity contribution in [1.29, 1.82) is 0 Å². The second-order valence-electron chi connectivity index (χ2n) is 4.00. The van der Waals surface area contributed by atoms with Crippen molar-refractivity contribution in [3.8, 4) is 5.75 Å². The van der Waals surface area contributed by atoms with Crippen molar-refractivity contribution >= 4 is 17.4 Å². The Labute approximate surface area is 112 Å². The molecule has 94 valence electrons. The van der Waals surface area contributed by atoms with Gasteiger partial charge in [-0.2, -0.15) is 0 Å². The topological polar surface area (TPSA) is 35.2 Å². The standard InChI is InChI=1S/C15H17NOS/c1-12-6-5-9-14(15(12)16)18-11-10-17-13-7-3-2-4-8-13/h2-9H,10-11,16H2,1H3. The van der Waals surface area contributed by atoms with Crippen molar-refractivity contribution in [2.75, 3.05) is 18.1 Å². The quantitative estimate of drug-likeness (QED) is 0.504. The molecule has 18 heavy (non-hydrogen) atoms. The first-order chi connectivity index (χ1) is 8.77. The first kappa shape index (κ1) is 12.8. The number of aryl methyl sites for hydroxylation is 1. The molecule has 0 bridgehead atoms. The third-order valence-electron chi connectivity index (χ3n) is 2.64. The summed E-state index contributed by atoms with van der Waals surface area (Å²) < 4.78 is 5.64. The number of nitrogen functional groups attached to an aromatic ring is 1. The van der Waals surface area contributed by atoms with E-state index in [1.165, 1.54) is 0 Å². The fourth-order valence-corrected chi connectivity index (χ4v) is 2.49. The molecule has 2 N–H and O–H groups in total. The molecule has 0 saturated heterocycles. The van der Waals surface area contributed by atoms with Gasteiger partial charge in [0.05, 0.1) is 6.61 Å². The van der Waals surface area contributed by atoms with Crippen LogP contribution in [0.25, 0.3) is 0 Å². The van der Waals surface area contributed by atoms with Crippen LogP contribution in [0.1, 0.15) is 5.56 Å². The van der Waals surface area contributed by atoms with Crippen LogP contribution in [0.15, 0.2) is 53.4 Å². The lowest BCUT2D eigenvalue weighted by atomic mass is 10.2. The van der Waals surface area contributed by atoms with Gasteiger partial charge in [-0.05, 0) is 30.7 Å². The van der Waals surface area contributed by atoms with Crippen molar-refractivity contribution < 1.29 is 4.74 Å². The second-order valence-corrected chi connectivity index (χ2v) is 5.13. The Morgan fingerprint density at radius 1 is 1.06 bits per heavy atom. The number of hydrogen-bond acceptors (Lipinski definition) is 3. The fraction of sp³-hybridized carbons (Fsp3) is 0.200. The lowest BCUT2D eigenvalue weighted by Crippen LogP contribution is -2.00. The van der Waals surface area contributed by atoms with Crippen molar-refractivity contribution in [1.82, 2.24) is 0 Å². The summed E-state index contributed by atoms with van der Waals surface area (Å²) in [4.78, 5) is 1.13. The third kappa shape index (κ3) is 3.44. The van der Waals surface area contributed by atoms with Gasteiger partial charge < -0.3 is 10.5 Å².